The van der Waals surface area contributed by atoms with Crippen LogP contribution in [-0.4, -0.2) is 52.0 Å². The summed E-state index contributed by atoms with van der Waals surface area (Å²) in [4.78, 5) is 13.1. The second-order valence-corrected chi connectivity index (χ2v) is 6.25. The van der Waals surface area contributed by atoms with E-state index in [1.807, 2.05) is 0 Å². The molecule has 1 heterocycles. The predicted molar refractivity (Wildman–Crippen MR) is 62.2 cm³/mol. The topological polar surface area (TPSA) is 55.4 Å². The highest BCUT2D eigenvalue weighted by atomic mass is 32.2. The van der Waals surface area contributed by atoms with E-state index >= 15 is 0 Å². The number of hydrogen-bond donors (Lipinski definition) is 1. The van der Waals surface area contributed by atoms with Crippen LogP contribution in [0.3, 0.4) is 0 Å². The average Bonchev–Trinajstić information content (AvgIpc) is 2.16. The van der Waals surface area contributed by atoms with E-state index in [2.05, 4.69) is 24.1 Å². The summed E-state index contributed by atoms with van der Waals surface area (Å²) < 4.78 is 11.2. The molecule has 1 aliphatic heterocycles. The Hall–Kier alpha value is -0.260. The summed E-state index contributed by atoms with van der Waals surface area (Å²) in [6, 6.07) is 0. The maximum absolute atomic E-state index is 11.2. The molecule has 0 spiro atoms. The largest absolute Gasteiger partial charge is 0.616 e. The number of rotatable bonds is 3. The number of amides is 1. The van der Waals surface area contributed by atoms with Crippen molar-refractivity contribution in [3.8, 4) is 0 Å². The standard InChI is InChI=1S/C10H20N2O2S/c1-9(13)11-8-10(2,3)12-4-6-15(14)7-5-12/h4-8H2,1-3H3,(H,11,13). The smallest absolute Gasteiger partial charge is 0.216 e. The summed E-state index contributed by atoms with van der Waals surface area (Å²) in [5, 5.41) is 2.84. The average molecular weight is 232 g/mol. The van der Waals surface area contributed by atoms with Crippen LogP contribution in [0.15, 0.2) is 0 Å². The first-order valence-electron chi connectivity index (χ1n) is 5.26. The van der Waals surface area contributed by atoms with Gasteiger partial charge in [0.25, 0.3) is 0 Å². The summed E-state index contributed by atoms with van der Waals surface area (Å²) >= 11 is -0.637. The normalized spacial score (nSPS) is 20.3. The third-order valence-electron chi connectivity index (χ3n) is 2.80. The zero-order chi connectivity index (χ0) is 11.5. The number of nitrogens with zero attached hydrogens (tertiary/aromatic N) is 1. The molecular formula is C10H20N2O2S. The lowest BCUT2D eigenvalue weighted by Crippen LogP contribution is -2.56. The van der Waals surface area contributed by atoms with E-state index in [9.17, 15) is 9.35 Å². The molecule has 1 fully saturated rings. The van der Waals surface area contributed by atoms with Gasteiger partial charge in [-0.3, -0.25) is 9.69 Å². The van der Waals surface area contributed by atoms with Crippen molar-refractivity contribution in [1.82, 2.24) is 10.2 Å². The summed E-state index contributed by atoms with van der Waals surface area (Å²) in [7, 11) is 0. The van der Waals surface area contributed by atoms with Crippen molar-refractivity contribution in [1.29, 1.82) is 0 Å². The van der Waals surface area contributed by atoms with Gasteiger partial charge in [0.1, 0.15) is 11.5 Å². The van der Waals surface area contributed by atoms with Crippen molar-refractivity contribution in [3.05, 3.63) is 0 Å². The minimum Gasteiger partial charge on any atom is -0.616 e. The van der Waals surface area contributed by atoms with Crippen molar-refractivity contribution in [2.24, 2.45) is 0 Å². The molecule has 88 valence electrons. The van der Waals surface area contributed by atoms with E-state index in [4.69, 9.17) is 0 Å². The van der Waals surface area contributed by atoms with Crippen molar-refractivity contribution < 1.29 is 9.35 Å². The van der Waals surface area contributed by atoms with Gasteiger partial charge >= 0.3 is 0 Å². The lowest BCUT2D eigenvalue weighted by Gasteiger charge is -2.40. The summed E-state index contributed by atoms with van der Waals surface area (Å²) in [6.07, 6.45) is 0. The van der Waals surface area contributed by atoms with Crippen LogP contribution in [-0.2, 0) is 16.0 Å². The first kappa shape index (κ1) is 12.8. The van der Waals surface area contributed by atoms with Gasteiger partial charge in [0.2, 0.25) is 5.91 Å². The third-order valence-corrected chi connectivity index (χ3v) is 4.08. The van der Waals surface area contributed by atoms with Crippen LogP contribution in [0.25, 0.3) is 0 Å². The van der Waals surface area contributed by atoms with Gasteiger partial charge in [-0.1, -0.05) is 11.2 Å². The molecule has 0 aromatic heterocycles. The molecule has 0 unspecified atom stereocenters. The Bertz CT molecular complexity index is 225. The summed E-state index contributed by atoms with van der Waals surface area (Å²) in [5.41, 5.74) is -0.0453. The van der Waals surface area contributed by atoms with Crippen LogP contribution < -0.4 is 5.32 Å². The van der Waals surface area contributed by atoms with E-state index in [1.165, 1.54) is 6.92 Å². The highest BCUT2D eigenvalue weighted by molar-refractivity contribution is 7.91. The molecule has 1 saturated heterocycles. The lowest BCUT2D eigenvalue weighted by molar-refractivity contribution is -0.119. The second-order valence-electron chi connectivity index (χ2n) is 4.56. The molecular weight excluding hydrogens is 212 g/mol. The first-order valence-corrected chi connectivity index (χ1v) is 6.75. The van der Waals surface area contributed by atoms with Crippen LogP contribution in [0, 0.1) is 0 Å². The molecule has 1 N–H and O–H groups in total. The Kier molecular flexibility index (Phi) is 4.43. The fourth-order valence-corrected chi connectivity index (χ4v) is 2.75. The molecule has 1 rings (SSSR count). The third kappa shape index (κ3) is 4.01. The Labute approximate surface area is 94.6 Å². The van der Waals surface area contributed by atoms with Gasteiger partial charge in [-0.05, 0) is 13.8 Å². The quantitative estimate of drug-likeness (QED) is 0.695. The Morgan fingerprint density at radius 1 is 1.47 bits per heavy atom. The molecule has 0 saturated carbocycles. The molecule has 0 bridgehead atoms. The Balaban J connectivity index is 2.42. The van der Waals surface area contributed by atoms with Gasteiger partial charge in [-0.2, -0.15) is 0 Å². The molecule has 0 aromatic carbocycles. The number of nitrogens with one attached hydrogen (secondary N) is 1. The van der Waals surface area contributed by atoms with Gasteiger partial charge in [-0.15, -0.1) is 0 Å². The Morgan fingerprint density at radius 3 is 2.47 bits per heavy atom. The first-order chi connectivity index (χ1) is 6.92. The van der Waals surface area contributed by atoms with Gasteiger partial charge in [-0.25, -0.2) is 0 Å². The monoisotopic (exact) mass is 232 g/mol. The van der Waals surface area contributed by atoms with Crippen LogP contribution in [0.4, 0.5) is 0 Å². The van der Waals surface area contributed by atoms with Crippen LogP contribution >= 0.6 is 0 Å². The molecule has 0 atom stereocenters. The van der Waals surface area contributed by atoms with Crippen molar-refractivity contribution in [3.63, 3.8) is 0 Å². The molecule has 0 aromatic rings. The SMILES string of the molecule is CC(=O)NCC(C)(C)N1CC[S+]([O-])CC1. The van der Waals surface area contributed by atoms with E-state index in [0.29, 0.717) is 6.54 Å². The molecule has 4 nitrogen and oxygen atoms in total. The highest BCUT2D eigenvalue weighted by Crippen LogP contribution is 2.16. The minimum absolute atomic E-state index is 0.00339. The molecule has 0 radical (unpaired) electrons. The molecule has 5 heteroatoms. The highest BCUT2D eigenvalue weighted by Gasteiger charge is 2.31. The zero-order valence-electron chi connectivity index (χ0n) is 9.71. The van der Waals surface area contributed by atoms with Crippen LogP contribution in [0.5, 0.6) is 0 Å². The maximum Gasteiger partial charge on any atom is 0.216 e. The van der Waals surface area contributed by atoms with Gasteiger partial charge in [0.05, 0.1) is 0 Å². The summed E-state index contributed by atoms with van der Waals surface area (Å²) in [6.45, 7) is 8.11. The van der Waals surface area contributed by atoms with Crippen molar-refractivity contribution >= 4 is 17.1 Å². The second kappa shape index (κ2) is 5.18. The van der Waals surface area contributed by atoms with Gasteiger partial charge < -0.3 is 9.87 Å². The van der Waals surface area contributed by atoms with E-state index in [1.54, 1.807) is 0 Å². The Morgan fingerprint density at radius 2 is 2.00 bits per heavy atom. The predicted octanol–water partition coefficient (Wildman–Crippen LogP) is -0.0346. The van der Waals surface area contributed by atoms with Gasteiger partial charge in [0, 0.05) is 32.1 Å². The maximum atomic E-state index is 11.2. The molecule has 15 heavy (non-hydrogen) atoms. The number of carbonyl (C=O) groups excluding carboxylic acids is 1. The fraction of sp³-hybridized carbons (Fsp3) is 0.900. The molecule has 0 aliphatic carbocycles. The van der Waals surface area contributed by atoms with Crippen molar-refractivity contribution in [2.45, 2.75) is 26.3 Å². The lowest BCUT2D eigenvalue weighted by atomic mass is 10.0. The fourth-order valence-electron chi connectivity index (χ4n) is 1.70. The van der Waals surface area contributed by atoms with Crippen LogP contribution in [0.1, 0.15) is 20.8 Å². The van der Waals surface area contributed by atoms with E-state index in [-0.39, 0.29) is 11.4 Å². The van der Waals surface area contributed by atoms with E-state index < -0.39 is 11.2 Å². The number of carbonyl (C=O) groups is 1. The number of hydrogen-bond acceptors (Lipinski definition) is 3. The van der Waals surface area contributed by atoms with Crippen LogP contribution in [0.2, 0.25) is 0 Å². The molecule has 1 aliphatic rings. The van der Waals surface area contributed by atoms with Gasteiger partial charge in [0.15, 0.2) is 0 Å². The summed E-state index contributed by atoms with van der Waals surface area (Å²) in [5.74, 6) is 1.51. The molecule has 1 amide bonds. The minimum atomic E-state index is -0.637. The zero-order valence-corrected chi connectivity index (χ0v) is 10.5. The van der Waals surface area contributed by atoms with E-state index in [0.717, 1.165) is 24.6 Å². The van der Waals surface area contributed by atoms with Crippen molar-refractivity contribution in [2.75, 3.05) is 31.1 Å².